The third kappa shape index (κ3) is 2.58. The highest BCUT2D eigenvalue weighted by atomic mass is 16.1. The average Bonchev–Trinajstić information content (AvgIpc) is 2.66. The van der Waals surface area contributed by atoms with E-state index in [2.05, 4.69) is 0 Å². The monoisotopic (exact) mass is 340 g/mol. The minimum atomic E-state index is -0.443. The lowest BCUT2D eigenvalue weighted by Crippen LogP contribution is -2.10. The number of amides is 2. The number of fused-ring (bicyclic) bond motifs is 2. The van der Waals surface area contributed by atoms with Gasteiger partial charge in [-0.2, -0.15) is 0 Å². The van der Waals surface area contributed by atoms with Crippen molar-refractivity contribution in [1.82, 2.24) is 0 Å². The molecule has 2 amide bonds. The average molecular weight is 340 g/mol. The normalized spacial score (nSPS) is 10.9. The van der Waals surface area contributed by atoms with Gasteiger partial charge in [-0.25, -0.2) is 0 Å². The third-order valence-corrected chi connectivity index (χ3v) is 4.62. The minimum Gasteiger partial charge on any atom is -0.366 e. The number of carbonyl (C=O) groups is 2. The van der Waals surface area contributed by atoms with Gasteiger partial charge in [0, 0.05) is 11.1 Å². The van der Waals surface area contributed by atoms with Crippen LogP contribution in [0, 0.1) is 0 Å². The molecule has 0 aliphatic carbocycles. The molecule has 0 radical (unpaired) electrons. The highest BCUT2D eigenvalue weighted by Crippen LogP contribution is 2.34. The maximum Gasteiger partial charge on any atom is 0.248 e. The number of hydrogen-bond donors (Lipinski definition) is 2. The van der Waals surface area contributed by atoms with Gasteiger partial charge in [-0.3, -0.25) is 9.59 Å². The molecule has 0 unspecified atom stereocenters. The molecule has 4 nitrogen and oxygen atoms in total. The van der Waals surface area contributed by atoms with Crippen LogP contribution < -0.4 is 11.5 Å². The predicted molar refractivity (Wildman–Crippen MR) is 104 cm³/mol. The van der Waals surface area contributed by atoms with E-state index < -0.39 is 11.8 Å². The Morgan fingerprint density at radius 1 is 0.577 bits per heavy atom. The molecule has 126 valence electrons. The van der Waals surface area contributed by atoms with Crippen molar-refractivity contribution >= 4 is 33.4 Å². The molecule has 0 saturated heterocycles. The van der Waals surface area contributed by atoms with Gasteiger partial charge in [-0.15, -0.1) is 0 Å². The van der Waals surface area contributed by atoms with E-state index in [1.54, 1.807) is 24.3 Å². The first-order valence-electron chi connectivity index (χ1n) is 8.20. The van der Waals surface area contributed by atoms with Crippen molar-refractivity contribution in [2.24, 2.45) is 11.5 Å². The number of benzene rings is 4. The van der Waals surface area contributed by atoms with Crippen LogP contribution in [-0.4, -0.2) is 11.8 Å². The van der Waals surface area contributed by atoms with E-state index in [0.717, 1.165) is 32.7 Å². The van der Waals surface area contributed by atoms with E-state index in [1.807, 2.05) is 48.5 Å². The molecule has 0 aliphatic heterocycles. The van der Waals surface area contributed by atoms with Gasteiger partial charge in [-0.05, 0) is 56.9 Å². The van der Waals surface area contributed by atoms with Crippen LogP contribution in [0.4, 0.5) is 0 Å². The summed E-state index contributed by atoms with van der Waals surface area (Å²) < 4.78 is 0. The smallest absolute Gasteiger partial charge is 0.248 e. The molecule has 0 atom stereocenters. The molecule has 4 heteroatoms. The fourth-order valence-electron chi connectivity index (χ4n) is 3.34. The second-order valence-electron chi connectivity index (χ2n) is 6.21. The van der Waals surface area contributed by atoms with Gasteiger partial charge in [-0.1, -0.05) is 48.5 Å². The largest absolute Gasteiger partial charge is 0.366 e. The Labute approximate surface area is 150 Å². The number of hydrogen-bond acceptors (Lipinski definition) is 2. The van der Waals surface area contributed by atoms with Crippen molar-refractivity contribution in [3.8, 4) is 11.1 Å². The molecule has 0 bridgehead atoms. The van der Waals surface area contributed by atoms with E-state index in [-0.39, 0.29) is 0 Å². The Balaban J connectivity index is 1.98. The molecular weight excluding hydrogens is 324 g/mol. The number of carbonyl (C=O) groups excluding carboxylic acids is 2. The highest BCUT2D eigenvalue weighted by Gasteiger charge is 2.10. The molecule has 0 aliphatic rings. The summed E-state index contributed by atoms with van der Waals surface area (Å²) in [6.07, 6.45) is 0. The van der Waals surface area contributed by atoms with Crippen molar-refractivity contribution < 1.29 is 9.59 Å². The first-order chi connectivity index (χ1) is 12.5. The summed E-state index contributed by atoms with van der Waals surface area (Å²) >= 11 is 0. The first kappa shape index (κ1) is 15.8. The first-order valence-corrected chi connectivity index (χ1v) is 8.20. The van der Waals surface area contributed by atoms with Gasteiger partial charge in [0.25, 0.3) is 0 Å². The number of primary amides is 2. The fraction of sp³-hybridized carbons (Fsp3) is 0. The molecule has 4 aromatic rings. The van der Waals surface area contributed by atoms with Crippen LogP contribution in [0.15, 0.2) is 72.8 Å². The maximum atomic E-state index is 11.4. The summed E-state index contributed by atoms with van der Waals surface area (Å²) in [6, 6.07) is 22.8. The highest BCUT2D eigenvalue weighted by molar-refractivity contribution is 6.08. The Hall–Kier alpha value is -3.66. The molecule has 0 spiro atoms. The summed E-state index contributed by atoms with van der Waals surface area (Å²) in [5, 5.41) is 3.96. The molecule has 0 saturated carbocycles. The molecule has 26 heavy (non-hydrogen) atoms. The number of rotatable bonds is 3. The molecule has 0 heterocycles. The summed E-state index contributed by atoms with van der Waals surface area (Å²) in [4.78, 5) is 22.9. The predicted octanol–water partition coefficient (Wildman–Crippen LogP) is 3.86. The van der Waals surface area contributed by atoms with E-state index in [1.165, 1.54) is 0 Å². The lowest BCUT2D eigenvalue weighted by Gasteiger charge is -2.11. The molecule has 0 aromatic heterocycles. The molecule has 4 aromatic carbocycles. The van der Waals surface area contributed by atoms with Gasteiger partial charge in [0.1, 0.15) is 0 Å². The molecular formula is C22H16N2O2. The van der Waals surface area contributed by atoms with Crippen LogP contribution in [0.5, 0.6) is 0 Å². The van der Waals surface area contributed by atoms with Crippen molar-refractivity contribution in [3.05, 3.63) is 83.9 Å². The summed E-state index contributed by atoms with van der Waals surface area (Å²) in [5.74, 6) is -0.886. The van der Waals surface area contributed by atoms with Crippen molar-refractivity contribution in [3.63, 3.8) is 0 Å². The van der Waals surface area contributed by atoms with Crippen LogP contribution in [-0.2, 0) is 0 Å². The zero-order valence-corrected chi connectivity index (χ0v) is 13.9. The van der Waals surface area contributed by atoms with Gasteiger partial charge in [0.2, 0.25) is 11.8 Å². The van der Waals surface area contributed by atoms with Crippen molar-refractivity contribution in [2.45, 2.75) is 0 Å². The summed E-state index contributed by atoms with van der Waals surface area (Å²) in [6.45, 7) is 0. The summed E-state index contributed by atoms with van der Waals surface area (Å²) in [7, 11) is 0. The van der Waals surface area contributed by atoms with Crippen LogP contribution in [0.25, 0.3) is 32.7 Å². The maximum absolute atomic E-state index is 11.4. The van der Waals surface area contributed by atoms with E-state index in [0.29, 0.717) is 11.1 Å². The Morgan fingerprint density at radius 3 is 1.38 bits per heavy atom. The van der Waals surface area contributed by atoms with Crippen LogP contribution in [0.3, 0.4) is 0 Å². The van der Waals surface area contributed by atoms with Gasteiger partial charge in [0.15, 0.2) is 0 Å². The van der Waals surface area contributed by atoms with Gasteiger partial charge >= 0.3 is 0 Å². The van der Waals surface area contributed by atoms with E-state index in [9.17, 15) is 9.59 Å². The van der Waals surface area contributed by atoms with Crippen molar-refractivity contribution in [2.75, 3.05) is 0 Å². The fourth-order valence-corrected chi connectivity index (χ4v) is 3.34. The Kier molecular flexibility index (Phi) is 3.66. The van der Waals surface area contributed by atoms with Crippen LogP contribution in [0.1, 0.15) is 20.7 Å². The van der Waals surface area contributed by atoms with Gasteiger partial charge in [0.05, 0.1) is 0 Å². The Bertz CT molecular complexity index is 1100. The van der Waals surface area contributed by atoms with Gasteiger partial charge < -0.3 is 11.5 Å². The molecule has 4 N–H and O–H groups in total. The SMILES string of the molecule is NC(=O)c1ccc2c(-c3cccc4cc(C(N)=O)ccc34)cccc2c1. The van der Waals surface area contributed by atoms with Crippen LogP contribution in [0.2, 0.25) is 0 Å². The number of nitrogens with two attached hydrogens (primary N) is 2. The summed E-state index contributed by atoms with van der Waals surface area (Å²) in [5.41, 5.74) is 13.9. The molecule has 0 fully saturated rings. The second kappa shape index (κ2) is 6.01. The zero-order valence-electron chi connectivity index (χ0n) is 13.9. The Morgan fingerprint density at radius 2 is 1.00 bits per heavy atom. The zero-order chi connectivity index (χ0) is 18.3. The van der Waals surface area contributed by atoms with Crippen LogP contribution >= 0.6 is 0 Å². The third-order valence-electron chi connectivity index (χ3n) is 4.62. The quantitative estimate of drug-likeness (QED) is 0.593. The lowest BCUT2D eigenvalue weighted by molar-refractivity contribution is 0.0992. The lowest BCUT2D eigenvalue weighted by atomic mass is 9.92. The van der Waals surface area contributed by atoms with E-state index >= 15 is 0 Å². The standard InChI is InChI=1S/C22H16N2O2/c23-21(25)15-7-9-17-13(11-15)3-1-5-19(17)20-6-2-4-14-12-16(22(24)26)8-10-18(14)20/h1-12H,(H2,23,25)(H2,24,26). The topological polar surface area (TPSA) is 86.2 Å². The minimum absolute atomic E-state index is 0.443. The van der Waals surface area contributed by atoms with Crippen molar-refractivity contribution in [1.29, 1.82) is 0 Å². The second-order valence-corrected chi connectivity index (χ2v) is 6.21. The van der Waals surface area contributed by atoms with E-state index in [4.69, 9.17) is 11.5 Å². The molecule has 4 rings (SSSR count).